The highest BCUT2D eigenvalue weighted by molar-refractivity contribution is 5.13. The molecule has 2 unspecified atom stereocenters. The molecule has 2 heterocycles. The summed E-state index contributed by atoms with van der Waals surface area (Å²) in [6.45, 7) is 4.26. The molecule has 17 heavy (non-hydrogen) atoms. The van der Waals surface area contributed by atoms with Crippen molar-refractivity contribution in [2.75, 3.05) is 0 Å². The average molecular weight is 230 g/mol. The largest absolute Gasteiger partial charge is 0.337 e. The minimum absolute atomic E-state index is 0.213. The van der Waals surface area contributed by atoms with Crippen LogP contribution in [0.1, 0.15) is 37.3 Å². The Kier molecular flexibility index (Phi) is 3.54. The Bertz CT molecular complexity index is 463. The molecule has 0 saturated carbocycles. The van der Waals surface area contributed by atoms with Crippen molar-refractivity contribution in [3.05, 3.63) is 48.3 Å². The molecule has 0 fully saturated rings. The van der Waals surface area contributed by atoms with Gasteiger partial charge in [-0.15, -0.1) is 0 Å². The zero-order valence-electron chi connectivity index (χ0n) is 10.5. The fraction of sp³-hybridized carbons (Fsp3) is 0.385. The third kappa shape index (κ3) is 2.71. The van der Waals surface area contributed by atoms with Crippen molar-refractivity contribution in [1.82, 2.24) is 19.9 Å². The second kappa shape index (κ2) is 5.10. The molecule has 1 N–H and O–H groups in total. The SMILES string of the molecule is CC(NC(C)c1nccn1C)c1cccnc1. The van der Waals surface area contributed by atoms with Crippen molar-refractivity contribution in [3.8, 4) is 0 Å². The normalized spacial score (nSPS) is 14.5. The maximum absolute atomic E-state index is 4.35. The number of nitrogens with one attached hydrogen (secondary N) is 1. The number of aromatic nitrogens is 3. The van der Waals surface area contributed by atoms with Crippen LogP contribution in [-0.2, 0) is 7.05 Å². The van der Waals surface area contributed by atoms with Gasteiger partial charge in [-0.1, -0.05) is 6.07 Å². The highest BCUT2D eigenvalue weighted by Crippen LogP contribution is 2.16. The Hall–Kier alpha value is -1.68. The molecule has 0 aliphatic rings. The number of nitrogens with zero attached hydrogens (tertiary/aromatic N) is 3. The Morgan fingerprint density at radius 3 is 2.65 bits per heavy atom. The third-order valence-corrected chi connectivity index (χ3v) is 2.93. The van der Waals surface area contributed by atoms with Gasteiger partial charge in [-0.25, -0.2) is 4.98 Å². The number of imidazole rings is 1. The number of hydrogen-bond donors (Lipinski definition) is 1. The van der Waals surface area contributed by atoms with Crippen LogP contribution in [0.2, 0.25) is 0 Å². The monoisotopic (exact) mass is 230 g/mol. The molecule has 0 spiro atoms. The van der Waals surface area contributed by atoms with E-state index < -0.39 is 0 Å². The summed E-state index contributed by atoms with van der Waals surface area (Å²) in [6, 6.07) is 4.51. The van der Waals surface area contributed by atoms with Gasteiger partial charge in [0, 0.05) is 37.9 Å². The van der Waals surface area contributed by atoms with Crippen molar-refractivity contribution < 1.29 is 0 Å². The first-order valence-electron chi connectivity index (χ1n) is 5.81. The molecule has 2 aromatic rings. The average Bonchev–Trinajstić information content (AvgIpc) is 2.76. The molecule has 2 rings (SSSR count). The summed E-state index contributed by atoms with van der Waals surface area (Å²) < 4.78 is 2.04. The van der Waals surface area contributed by atoms with E-state index in [9.17, 15) is 0 Å². The van der Waals surface area contributed by atoms with E-state index in [0.717, 1.165) is 5.82 Å². The van der Waals surface area contributed by atoms with Crippen molar-refractivity contribution in [2.45, 2.75) is 25.9 Å². The second-order valence-electron chi connectivity index (χ2n) is 4.29. The summed E-state index contributed by atoms with van der Waals surface area (Å²) in [5, 5.41) is 3.52. The molecule has 90 valence electrons. The first-order valence-corrected chi connectivity index (χ1v) is 5.81. The molecule has 0 bridgehead atoms. The lowest BCUT2D eigenvalue weighted by molar-refractivity contribution is 0.466. The minimum atomic E-state index is 0.213. The first-order chi connectivity index (χ1) is 8.18. The zero-order valence-corrected chi connectivity index (χ0v) is 10.5. The Morgan fingerprint density at radius 1 is 1.24 bits per heavy atom. The molecule has 0 radical (unpaired) electrons. The van der Waals surface area contributed by atoms with Crippen LogP contribution in [0.15, 0.2) is 36.9 Å². The van der Waals surface area contributed by atoms with Crippen molar-refractivity contribution >= 4 is 0 Å². The van der Waals surface area contributed by atoms with Gasteiger partial charge in [0.1, 0.15) is 5.82 Å². The van der Waals surface area contributed by atoms with Gasteiger partial charge in [0.15, 0.2) is 0 Å². The minimum Gasteiger partial charge on any atom is -0.337 e. The summed E-state index contributed by atoms with van der Waals surface area (Å²) in [4.78, 5) is 8.48. The molecule has 0 aromatic carbocycles. The van der Waals surface area contributed by atoms with Gasteiger partial charge in [-0.2, -0.15) is 0 Å². The number of pyridine rings is 1. The molecular formula is C13H18N4. The van der Waals surface area contributed by atoms with E-state index in [-0.39, 0.29) is 12.1 Å². The van der Waals surface area contributed by atoms with Crippen LogP contribution < -0.4 is 5.32 Å². The summed E-state index contributed by atoms with van der Waals surface area (Å²) in [6.07, 6.45) is 7.46. The third-order valence-electron chi connectivity index (χ3n) is 2.93. The Morgan fingerprint density at radius 2 is 2.06 bits per heavy atom. The van der Waals surface area contributed by atoms with Crippen LogP contribution in [-0.4, -0.2) is 14.5 Å². The number of rotatable bonds is 4. The fourth-order valence-corrected chi connectivity index (χ4v) is 1.97. The highest BCUT2D eigenvalue weighted by atomic mass is 15.1. The highest BCUT2D eigenvalue weighted by Gasteiger charge is 2.13. The molecule has 0 amide bonds. The first kappa shape index (κ1) is 11.8. The smallest absolute Gasteiger partial charge is 0.125 e. The van der Waals surface area contributed by atoms with Crippen LogP contribution in [0, 0.1) is 0 Å². The van der Waals surface area contributed by atoms with Crippen molar-refractivity contribution in [1.29, 1.82) is 0 Å². The van der Waals surface area contributed by atoms with Crippen molar-refractivity contribution in [2.24, 2.45) is 7.05 Å². The number of aryl methyl sites for hydroxylation is 1. The van der Waals surface area contributed by atoms with Crippen molar-refractivity contribution in [3.63, 3.8) is 0 Å². The van der Waals surface area contributed by atoms with Gasteiger partial charge < -0.3 is 9.88 Å². The van der Waals surface area contributed by atoms with E-state index in [1.165, 1.54) is 5.56 Å². The van der Waals surface area contributed by atoms with Crippen LogP contribution in [0.25, 0.3) is 0 Å². The van der Waals surface area contributed by atoms with E-state index in [4.69, 9.17) is 0 Å². The molecular weight excluding hydrogens is 212 g/mol. The molecule has 0 saturated heterocycles. The molecule has 4 heteroatoms. The summed E-state index contributed by atoms with van der Waals surface area (Å²) >= 11 is 0. The fourth-order valence-electron chi connectivity index (χ4n) is 1.97. The topological polar surface area (TPSA) is 42.7 Å². The standard InChI is InChI=1S/C13H18N4/c1-10(12-5-4-6-14-9-12)16-11(2)13-15-7-8-17(13)3/h4-11,16H,1-3H3. The molecule has 0 aliphatic heterocycles. The van der Waals surface area contributed by atoms with Crippen LogP contribution in [0.5, 0.6) is 0 Å². The predicted octanol–water partition coefficient (Wildman–Crippen LogP) is 2.23. The summed E-state index contributed by atoms with van der Waals surface area (Å²) in [7, 11) is 2.01. The van der Waals surface area contributed by atoms with Gasteiger partial charge >= 0.3 is 0 Å². The van der Waals surface area contributed by atoms with E-state index >= 15 is 0 Å². The van der Waals surface area contributed by atoms with E-state index in [1.54, 1.807) is 6.20 Å². The Labute approximate surface area is 102 Å². The lowest BCUT2D eigenvalue weighted by Crippen LogP contribution is -2.24. The van der Waals surface area contributed by atoms with Gasteiger partial charge in [-0.05, 0) is 25.5 Å². The van der Waals surface area contributed by atoms with E-state index in [2.05, 4.69) is 35.2 Å². The maximum atomic E-state index is 4.35. The lowest BCUT2D eigenvalue weighted by Gasteiger charge is -2.19. The van der Waals surface area contributed by atoms with E-state index in [0.29, 0.717) is 0 Å². The van der Waals surface area contributed by atoms with Crippen LogP contribution in [0.4, 0.5) is 0 Å². The van der Waals surface area contributed by atoms with Gasteiger partial charge in [0.05, 0.1) is 6.04 Å². The van der Waals surface area contributed by atoms with E-state index in [1.807, 2.05) is 36.3 Å². The van der Waals surface area contributed by atoms with Gasteiger partial charge in [0.2, 0.25) is 0 Å². The molecule has 0 aliphatic carbocycles. The van der Waals surface area contributed by atoms with Crippen LogP contribution >= 0.6 is 0 Å². The quantitative estimate of drug-likeness (QED) is 0.875. The maximum Gasteiger partial charge on any atom is 0.125 e. The van der Waals surface area contributed by atoms with Gasteiger partial charge in [0.25, 0.3) is 0 Å². The summed E-state index contributed by atoms with van der Waals surface area (Å²) in [5.74, 6) is 1.04. The second-order valence-corrected chi connectivity index (χ2v) is 4.29. The number of hydrogen-bond acceptors (Lipinski definition) is 3. The molecule has 2 aromatic heterocycles. The molecule has 2 atom stereocenters. The van der Waals surface area contributed by atoms with Gasteiger partial charge in [-0.3, -0.25) is 4.98 Å². The zero-order chi connectivity index (χ0) is 12.3. The molecule has 4 nitrogen and oxygen atoms in total. The van der Waals surface area contributed by atoms with Crippen LogP contribution in [0.3, 0.4) is 0 Å². The lowest BCUT2D eigenvalue weighted by atomic mass is 10.1. The summed E-state index contributed by atoms with van der Waals surface area (Å²) in [5.41, 5.74) is 1.19. The Balaban J connectivity index is 2.05. The predicted molar refractivity (Wildman–Crippen MR) is 67.4 cm³/mol.